The molecule has 0 spiro atoms. The average molecular weight is 358 g/mol. The third kappa shape index (κ3) is 4.22. The predicted octanol–water partition coefficient (Wildman–Crippen LogP) is 3.50. The van der Waals surface area contributed by atoms with Gasteiger partial charge in [-0.25, -0.2) is 13.6 Å². The first kappa shape index (κ1) is 17.9. The normalized spacial score (nSPS) is 27.2. The van der Waals surface area contributed by atoms with Gasteiger partial charge in [0, 0.05) is 37.4 Å². The van der Waals surface area contributed by atoms with Crippen LogP contribution in [0.1, 0.15) is 56.6 Å². The Bertz CT molecular complexity index is 647. The highest BCUT2D eigenvalue weighted by atomic mass is 19.3. The lowest BCUT2D eigenvalue weighted by Gasteiger charge is -2.40. The fraction of sp³-hybridized carbons (Fsp3) is 0.765. The lowest BCUT2D eigenvalue weighted by molar-refractivity contribution is -0.0498. The van der Waals surface area contributed by atoms with E-state index < -0.39 is 5.92 Å². The maximum Gasteiger partial charge on any atom is 0.409 e. The lowest BCUT2D eigenvalue weighted by atomic mass is 9.79. The van der Waals surface area contributed by atoms with E-state index in [1.807, 2.05) is 0 Å². The van der Waals surface area contributed by atoms with Gasteiger partial charge in [0.1, 0.15) is 5.76 Å². The van der Waals surface area contributed by atoms with E-state index in [1.54, 1.807) is 4.90 Å². The van der Waals surface area contributed by atoms with Gasteiger partial charge in [0.2, 0.25) is 5.92 Å². The van der Waals surface area contributed by atoms with Gasteiger partial charge in [-0.2, -0.15) is 5.16 Å². The zero-order valence-corrected chi connectivity index (χ0v) is 14.3. The summed E-state index contributed by atoms with van der Waals surface area (Å²) in [4.78, 5) is 25.1. The second-order valence-corrected chi connectivity index (χ2v) is 7.19. The average Bonchev–Trinajstić information content (AvgIpc) is 3.02. The van der Waals surface area contributed by atoms with Crippen molar-refractivity contribution >= 4 is 6.09 Å². The number of rotatable bonds is 3. The minimum Gasteiger partial charge on any atom is -0.453 e. The van der Waals surface area contributed by atoms with Crippen LogP contribution in [0.4, 0.5) is 13.6 Å². The molecule has 1 saturated carbocycles. The number of carbonyl (C=O) groups is 1. The van der Waals surface area contributed by atoms with E-state index in [9.17, 15) is 18.4 Å². The van der Waals surface area contributed by atoms with Gasteiger partial charge >= 0.3 is 6.09 Å². The van der Waals surface area contributed by atoms with Crippen molar-refractivity contribution in [3.8, 4) is 0 Å². The Hall–Kier alpha value is -1.86. The SMILES string of the molecule is COC(=O)N1CC[C@@H](c2cc(=O)[nH]o2)C[C@@H]1CC1CCC(F)(F)CC1. The van der Waals surface area contributed by atoms with E-state index in [1.165, 1.54) is 13.2 Å². The highest BCUT2D eigenvalue weighted by Gasteiger charge is 2.39. The molecule has 1 saturated heterocycles. The van der Waals surface area contributed by atoms with Gasteiger partial charge in [-0.1, -0.05) is 0 Å². The molecule has 1 aromatic rings. The second-order valence-electron chi connectivity index (χ2n) is 7.19. The zero-order valence-electron chi connectivity index (χ0n) is 14.3. The van der Waals surface area contributed by atoms with Crippen LogP contribution in [0, 0.1) is 5.92 Å². The quantitative estimate of drug-likeness (QED) is 0.897. The molecule has 2 atom stereocenters. The van der Waals surface area contributed by atoms with Crippen LogP contribution in [-0.4, -0.2) is 41.8 Å². The van der Waals surface area contributed by atoms with Crippen LogP contribution in [0.5, 0.6) is 0 Å². The molecule has 1 aliphatic heterocycles. The molecular weight excluding hydrogens is 334 g/mol. The Kier molecular flexibility index (Phi) is 5.15. The van der Waals surface area contributed by atoms with E-state index in [0.29, 0.717) is 44.4 Å². The molecule has 3 rings (SSSR count). The molecule has 8 heteroatoms. The highest BCUT2D eigenvalue weighted by molar-refractivity contribution is 5.68. The second kappa shape index (κ2) is 7.17. The molecule has 0 radical (unpaired) electrons. The third-order valence-electron chi connectivity index (χ3n) is 5.51. The van der Waals surface area contributed by atoms with Crippen molar-refractivity contribution in [3.63, 3.8) is 0 Å². The summed E-state index contributed by atoms with van der Waals surface area (Å²) in [5.74, 6) is -1.75. The minimum atomic E-state index is -2.55. The van der Waals surface area contributed by atoms with Gasteiger partial charge in [-0.3, -0.25) is 4.79 Å². The van der Waals surface area contributed by atoms with E-state index >= 15 is 0 Å². The van der Waals surface area contributed by atoms with E-state index in [0.717, 1.165) is 0 Å². The van der Waals surface area contributed by atoms with Crippen LogP contribution in [0.15, 0.2) is 15.4 Å². The Morgan fingerprint density at radius 2 is 2.12 bits per heavy atom. The fourth-order valence-electron chi connectivity index (χ4n) is 4.11. The molecule has 0 aromatic carbocycles. The van der Waals surface area contributed by atoms with Crippen LogP contribution >= 0.6 is 0 Å². The maximum absolute atomic E-state index is 13.4. The molecule has 1 N–H and O–H groups in total. The van der Waals surface area contributed by atoms with Crippen LogP contribution in [0.3, 0.4) is 0 Å². The summed E-state index contributed by atoms with van der Waals surface area (Å²) >= 11 is 0. The first-order chi connectivity index (χ1) is 11.9. The number of hydrogen-bond acceptors (Lipinski definition) is 4. The molecule has 1 amide bonds. The first-order valence-electron chi connectivity index (χ1n) is 8.79. The Labute approximate surface area is 144 Å². The van der Waals surface area contributed by atoms with Gasteiger partial charge in [-0.15, -0.1) is 0 Å². The Balaban J connectivity index is 1.69. The number of piperidine rings is 1. The van der Waals surface area contributed by atoms with Crippen molar-refractivity contribution in [1.82, 2.24) is 10.1 Å². The molecule has 0 unspecified atom stereocenters. The number of nitrogens with zero attached hydrogens (tertiary/aromatic N) is 1. The van der Waals surface area contributed by atoms with Gasteiger partial charge < -0.3 is 14.2 Å². The maximum atomic E-state index is 13.4. The lowest BCUT2D eigenvalue weighted by Crippen LogP contribution is -2.46. The number of carbonyl (C=O) groups excluding carboxylic acids is 1. The minimum absolute atomic E-state index is 0.0369. The summed E-state index contributed by atoms with van der Waals surface area (Å²) in [5.41, 5.74) is -0.281. The van der Waals surface area contributed by atoms with Crippen LogP contribution < -0.4 is 5.56 Å². The summed E-state index contributed by atoms with van der Waals surface area (Å²) in [6.07, 6.45) is 2.39. The summed E-state index contributed by atoms with van der Waals surface area (Å²) in [6, 6.07) is 1.35. The van der Waals surface area contributed by atoms with Crippen molar-refractivity contribution in [2.45, 2.75) is 62.8 Å². The number of aromatic amines is 1. The number of nitrogens with one attached hydrogen (secondary N) is 1. The number of H-pyrrole nitrogens is 1. The fourth-order valence-corrected chi connectivity index (χ4v) is 4.11. The summed E-state index contributed by atoms with van der Waals surface area (Å²) in [6.45, 7) is 0.500. The molecular formula is C17H24F2N2O4. The molecule has 1 aromatic heterocycles. The van der Waals surface area contributed by atoms with Crippen molar-refractivity contribution in [2.75, 3.05) is 13.7 Å². The number of halogens is 2. The number of likely N-dealkylation sites (tertiary alicyclic amines) is 1. The van der Waals surface area contributed by atoms with E-state index in [2.05, 4.69) is 5.16 Å². The van der Waals surface area contributed by atoms with Gasteiger partial charge in [0.05, 0.1) is 7.11 Å². The number of hydrogen-bond donors (Lipinski definition) is 1. The number of aromatic nitrogens is 1. The number of ether oxygens (including phenoxy) is 1. The van der Waals surface area contributed by atoms with E-state index in [-0.39, 0.29) is 42.4 Å². The van der Waals surface area contributed by atoms with E-state index in [4.69, 9.17) is 9.26 Å². The summed E-state index contributed by atoms with van der Waals surface area (Å²) in [7, 11) is 1.35. The smallest absolute Gasteiger partial charge is 0.409 e. The van der Waals surface area contributed by atoms with Gasteiger partial charge in [-0.05, 0) is 38.0 Å². The molecule has 25 heavy (non-hydrogen) atoms. The number of alkyl halides is 2. The van der Waals surface area contributed by atoms with Crippen molar-refractivity contribution in [2.24, 2.45) is 5.92 Å². The summed E-state index contributed by atoms with van der Waals surface area (Å²) in [5, 5.41) is 2.30. The molecule has 2 heterocycles. The Morgan fingerprint density at radius 3 is 2.72 bits per heavy atom. The summed E-state index contributed by atoms with van der Waals surface area (Å²) < 4.78 is 36.8. The third-order valence-corrected chi connectivity index (χ3v) is 5.51. The predicted molar refractivity (Wildman–Crippen MR) is 85.7 cm³/mol. The largest absolute Gasteiger partial charge is 0.453 e. The van der Waals surface area contributed by atoms with Crippen molar-refractivity contribution in [1.29, 1.82) is 0 Å². The molecule has 140 valence electrons. The van der Waals surface area contributed by atoms with Crippen LogP contribution in [0.25, 0.3) is 0 Å². The van der Waals surface area contributed by atoms with Crippen molar-refractivity contribution in [3.05, 3.63) is 22.2 Å². The molecule has 1 aliphatic carbocycles. The molecule has 0 bridgehead atoms. The number of amides is 1. The van der Waals surface area contributed by atoms with Crippen LogP contribution in [0.2, 0.25) is 0 Å². The molecule has 2 fully saturated rings. The first-order valence-corrected chi connectivity index (χ1v) is 8.79. The highest BCUT2D eigenvalue weighted by Crippen LogP contribution is 2.41. The van der Waals surface area contributed by atoms with Crippen LogP contribution in [-0.2, 0) is 4.74 Å². The van der Waals surface area contributed by atoms with Gasteiger partial charge in [0.25, 0.3) is 5.56 Å². The topological polar surface area (TPSA) is 75.5 Å². The number of methoxy groups -OCH3 is 1. The zero-order chi connectivity index (χ0) is 18.0. The molecule has 2 aliphatic rings. The van der Waals surface area contributed by atoms with Crippen molar-refractivity contribution < 1.29 is 22.8 Å². The molecule has 6 nitrogen and oxygen atoms in total. The standard InChI is InChI=1S/C17H24F2N2O4/c1-24-16(23)21-7-4-12(14-10-15(22)20-25-14)9-13(21)8-11-2-5-17(18,19)6-3-11/h10-13H,2-9H2,1H3,(H,20,22)/t12-,13+/m1/s1. The van der Waals surface area contributed by atoms with Gasteiger partial charge in [0.15, 0.2) is 0 Å². The Morgan fingerprint density at radius 1 is 1.40 bits per heavy atom. The monoisotopic (exact) mass is 358 g/mol.